The maximum Gasteiger partial charge on any atom is 0.300 e. The predicted molar refractivity (Wildman–Crippen MR) is 35.1 cm³/mol. The first-order chi connectivity index (χ1) is 3.65. The van der Waals surface area contributed by atoms with E-state index in [4.69, 9.17) is 15.0 Å². The summed E-state index contributed by atoms with van der Waals surface area (Å²) in [5.74, 6) is -0.833. The topological polar surface area (TPSA) is 57.5 Å². The predicted octanol–water partition coefficient (Wildman–Crippen LogP) is -1.15. The molecule has 0 aliphatic rings. The molecule has 2 N–H and O–H groups in total. The van der Waals surface area contributed by atoms with Crippen LogP contribution >= 0.6 is 0 Å². The lowest BCUT2D eigenvalue weighted by Crippen LogP contribution is -1.78. The van der Waals surface area contributed by atoms with E-state index in [9.17, 15) is 0 Å². The highest BCUT2D eigenvalue weighted by atomic mass is 28.1. The van der Waals surface area contributed by atoms with Crippen molar-refractivity contribution in [3.63, 3.8) is 0 Å². The summed E-state index contributed by atoms with van der Waals surface area (Å²) >= 11 is 0. The molecule has 0 aromatic rings. The van der Waals surface area contributed by atoms with Gasteiger partial charge in [0.2, 0.25) is 0 Å². The first-order valence-corrected chi connectivity index (χ1v) is 3.87. The number of aliphatic hydroxyl groups excluding tert-OH is 1. The second-order valence-corrected chi connectivity index (χ2v) is 2.24. The minimum atomic E-state index is -0.833. The summed E-state index contributed by atoms with van der Waals surface area (Å²) in [6.07, 6.45) is 0. The van der Waals surface area contributed by atoms with Crippen molar-refractivity contribution >= 4 is 16.2 Å². The van der Waals surface area contributed by atoms with Crippen LogP contribution in [0.3, 0.4) is 0 Å². The van der Waals surface area contributed by atoms with Gasteiger partial charge in [-0.15, -0.1) is 0 Å². The lowest BCUT2D eigenvalue weighted by molar-refractivity contribution is -0.134. The fraction of sp³-hybridized carbons (Fsp3) is 0.750. The number of hydrogen-bond acceptors (Lipinski definition) is 2. The molecule has 0 unspecified atom stereocenters. The van der Waals surface area contributed by atoms with Gasteiger partial charge in [0.05, 0.1) is 0 Å². The highest BCUT2D eigenvalue weighted by Crippen LogP contribution is 1.56. The number of carboxylic acid groups (broad SMARTS) is 1. The van der Waals surface area contributed by atoms with Gasteiger partial charge >= 0.3 is 0 Å². The van der Waals surface area contributed by atoms with Gasteiger partial charge in [0, 0.05) is 23.8 Å². The van der Waals surface area contributed by atoms with Crippen molar-refractivity contribution in [2.24, 2.45) is 0 Å². The molecule has 0 rings (SSSR count). The van der Waals surface area contributed by atoms with Crippen LogP contribution in [0.1, 0.15) is 6.92 Å². The van der Waals surface area contributed by atoms with Gasteiger partial charge in [-0.1, -0.05) is 0 Å². The molecular weight excluding hydrogens is 124 g/mol. The Morgan fingerprint density at radius 3 is 1.88 bits per heavy atom. The standard InChI is InChI=1S/C2H4O2.C2H8OSi/c1-2(3)4;3-1-2-4/h1H3,(H,3,4);3H,1-2H2,4H3. The molecule has 8 heavy (non-hydrogen) atoms. The first kappa shape index (κ1) is 10.6. The second-order valence-electron chi connectivity index (χ2n) is 1.24. The van der Waals surface area contributed by atoms with E-state index in [1.165, 1.54) is 0 Å². The molecule has 0 aliphatic carbocycles. The van der Waals surface area contributed by atoms with Gasteiger partial charge in [-0.3, -0.25) is 4.79 Å². The van der Waals surface area contributed by atoms with Crippen molar-refractivity contribution in [1.29, 1.82) is 0 Å². The zero-order valence-electron chi connectivity index (χ0n) is 5.22. The fourth-order valence-electron chi connectivity index (χ4n) is 0. The van der Waals surface area contributed by atoms with Crippen LogP contribution in [0.15, 0.2) is 0 Å². The van der Waals surface area contributed by atoms with Crippen molar-refractivity contribution in [2.45, 2.75) is 13.0 Å². The average molecular weight is 136 g/mol. The molecule has 0 heterocycles. The highest BCUT2D eigenvalue weighted by Gasteiger charge is 1.65. The van der Waals surface area contributed by atoms with Crippen LogP contribution < -0.4 is 0 Å². The van der Waals surface area contributed by atoms with Crippen LogP contribution in [0.25, 0.3) is 0 Å². The van der Waals surface area contributed by atoms with Crippen LogP contribution in [0.5, 0.6) is 0 Å². The van der Waals surface area contributed by atoms with Crippen molar-refractivity contribution in [3.05, 3.63) is 0 Å². The summed E-state index contributed by atoms with van der Waals surface area (Å²) in [5.41, 5.74) is 0. The maximum atomic E-state index is 9.00. The van der Waals surface area contributed by atoms with Crippen molar-refractivity contribution < 1.29 is 15.0 Å². The Balaban J connectivity index is 0. The molecule has 0 bridgehead atoms. The Bertz CT molecular complexity index is 49.2. The number of carboxylic acids is 1. The van der Waals surface area contributed by atoms with Gasteiger partial charge in [-0.2, -0.15) is 0 Å². The smallest absolute Gasteiger partial charge is 0.300 e. The molecule has 0 saturated heterocycles. The molecule has 0 spiro atoms. The van der Waals surface area contributed by atoms with Gasteiger partial charge in [0.1, 0.15) is 0 Å². The Labute approximate surface area is 51.8 Å². The Hall–Kier alpha value is -0.353. The van der Waals surface area contributed by atoms with Crippen molar-refractivity contribution in [2.75, 3.05) is 6.61 Å². The molecule has 0 atom stereocenters. The molecule has 0 amide bonds. The molecule has 4 heteroatoms. The zero-order chi connectivity index (χ0) is 6.99. The van der Waals surface area contributed by atoms with Crippen LogP contribution in [-0.2, 0) is 4.79 Å². The monoisotopic (exact) mass is 136 g/mol. The number of aliphatic carboxylic acids is 1. The Morgan fingerprint density at radius 2 is 1.88 bits per heavy atom. The number of rotatable bonds is 1. The number of hydrogen-bond donors (Lipinski definition) is 2. The van der Waals surface area contributed by atoms with E-state index < -0.39 is 5.97 Å². The summed E-state index contributed by atoms with van der Waals surface area (Å²) in [7, 11) is 1.14. The minimum Gasteiger partial charge on any atom is -0.481 e. The van der Waals surface area contributed by atoms with E-state index in [2.05, 4.69) is 0 Å². The van der Waals surface area contributed by atoms with Crippen LogP contribution in [-0.4, -0.2) is 33.0 Å². The van der Waals surface area contributed by atoms with Crippen LogP contribution in [0.4, 0.5) is 0 Å². The molecule has 0 fully saturated rings. The van der Waals surface area contributed by atoms with Gasteiger partial charge in [-0.25, -0.2) is 0 Å². The van der Waals surface area contributed by atoms with Crippen LogP contribution in [0.2, 0.25) is 6.04 Å². The largest absolute Gasteiger partial charge is 0.481 e. The molecule has 0 aliphatic heterocycles. The highest BCUT2D eigenvalue weighted by molar-refractivity contribution is 6.08. The third kappa shape index (κ3) is 291. The lowest BCUT2D eigenvalue weighted by Gasteiger charge is -1.69. The van der Waals surface area contributed by atoms with E-state index in [1.54, 1.807) is 0 Å². The molecule has 50 valence electrons. The minimum absolute atomic E-state index is 0.381. The van der Waals surface area contributed by atoms with Gasteiger partial charge in [-0.05, 0) is 6.04 Å². The van der Waals surface area contributed by atoms with E-state index in [0.29, 0.717) is 6.61 Å². The second kappa shape index (κ2) is 9.82. The van der Waals surface area contributed by atoms with Gasteiger partial charge < -0.3 is 10.2 Å². The third-order valence-electron chi connectivity index (χ3n) is 0.224. The number of aliphatic hydroxyl groups is 1. The Morgan fingerprint density at radius 1 is 1.75 bits per heavy atom. The fourth-order valence-corrected chi connectivity index (χ4v) is 0. The van der Waals surface area contributed by atoms with Crippen molar-refractivity contribution in [3.8, 4) is 0 Å². The quantitative estimate of drug-likeness (QED) is 0.448. The summed E-state index contributed by atoms with van der Waals surface area (Å²) in [6, 6.07) is 1.01. The summed E-state index contributed by atoms with van der Waals surface area (Å²) in [5, 5.41) is 15.3. The van der Waals surface area contributed by atoms with E-state index in [-0.39, 0.29) is 0 Å². The first-order valence-electron chi connectivity index (χ1n) is 2.45. The normalized spacial score (nSPS) is 7.25. The summed E-state index contributed by atoms with van der Waals surface area (Å²) in [6.45, 7) is 1.46. The lowest BCUT2D eigenvalue weighted by atomic mass is 10.9. The van der Waals surface area contributed by atoms with E-state index >= 15 is 0 Å². The molecular formula is C4H12O3Si. The zero-order valence-corrected chi connectivity index (χ0v) is 7.22. The summed E-state index contributed by atoms with van der Waals surface area (Å²) < 4.78 is 0. The number of carbonyl (C=O) groups is 1. The van der Waals surface area contributed by atoms with Crippen LogP contribution in [0, 0.1) is 0 Å². The molecule has 0 radical (unpaired) electrons. The molecule has 0 saturated carbocycles. The maximum absolute atomic E-state index is 9.00. The SMILES string of the molecule is CC(=O)O.OCC[SiH3]. The van der Waals surface area contributed by atoms with Gasteiger partial charge in [0.15, 0.2) is 0 Å². The summed E-state index contributed by atoms with van der Waals surface area (Å²) in [4.78, 5) is 9.00. The van der Waals surface area contributed by atoms with E-state index in [0.717, 1.165) is 23.2 Å². The van der Waals surface area contributed by atoms with E-state index in [1.807, 2.05) is 0 Å². The van der Waals surface area contributed by atoms with Crippen molar-refractivity contribution in [1.82, 2.24) is 0 Å². The van der Waals surface area contributed by atoms with Gasteiger partial charge in [0.25, 0.3) is 5.97 Å². The third-order valence-corrected chi connectivity index (χ3v) is 0.671. The Kier molecular flexibility index (Phi) is 13.0. The molecule has 3 nitrogen and oxygen atoms in total. The molecule has 0 aromatic heterocycles. The molecule has 0 aromatic carbocycles. The average Bonchev–Trinajstić information content (AvgIpc) is 1.65.